The number of ketones is 1. The van der Waals surface area contributed by atoms with E-state index in [0.717, 1.165) is 24.3 Å². The van der Waals surface area contributed by atoms with Gasteiger partial charge in [0.1, 0.15) is 0 Å². The van der Waals surface area contributed by atoms with Crippen LogP contribution in [0.25, 0.3) is 0 Å². The van der Waals surface area contributed by atoms with Gasteiger partial charge in [-0.25, -0.2) is 8.42 Å². The zero-order valence-electron chi connectivity index (χ0n) is 10.5. The molecule has 21 heavy (non-hydrogen) atoms. The fourth-order valence-corrected chi connectivity index (χ4v) is 2.44. The van der Waals surface area contributed by atoms with Gasteiger partial charge in [-0.15, -0.1) is 0 Å². The van der Waals surface area contributed by atoms with Crippen molar-refractivity contribution in [1.29, 1.82) is 0 Å². The first-order chi connectivity index (χ1) is 9.73. The highest BCUT2D eigenvalue weighted by Gasteiger charge is 2.46. The van der Waals surface area contributed by atoms with E-state index in [9.17, 15) is 26.4 Å². The van der Waals surface area contributed by atoms with Crippen LogP contribution in [0.15, 0.2) is 59.5 Å². The molecule has 0 spiro atoms. The summed E-state index contributed by atoms with van der Waals surface area (Å²) in [7, 11) is -5.39. The summed E-state index contributed by atoms with van der Waals surface area (Å²) >= 11 is 0. The molecular weight excluding hydrogens is 305 g/mol. The molecule has 3 nitrogen and oxygen atoms in total. The van der Waals surface area contributed by atoms with Crippen LogP contribution in [-0.4, -0.2) is 19.7 Å². The second-order valence-electron chi connectivity index (χ2n) is 4.17. The van der Waals surface area contributed by atoms with Gasteiger partial charge in [-0.05, 0) is 24.3 Å². The maximum absolute atomic E-state index is 12.4. The standard InChI is InChI=1S/C14H9F3O3S/c15-14(16,17)21(19,20)12-8-6-11(7-9-12)13(18)10-4-2-1-3-5-10/h1-9H. The third-order valence-electron chi connectivity index (χ3n) is 2.77. The Bertz CT molecular complexity index is 748. The lowest BCUT2D eigenvalue weighted by Gasteiger charge is -2.08. The summed E-state index contributed by atoms with van der Waals surface area (Å²) in [5, 5.41) is 0. The topological polar surface area (TPSA) is 51.2 Å². The van der Waals surface area contributed by atoms with Gasteiger partial charge in [0.15, 0.2) is 5.78 Å². The maximum Gasteiger partial charge on any atom is 0.501 e. The second kappa shape index (κ2) is 5.33. The van der Waals surface area contributed by atoms with Gasteiger partial charge in [-0.3, -0.25) is 4.79 Å². The molecule has 2 rings (SSSR count). The number of carbonyl (C=O) groups is 1. The third kappa shape index (κ3) is 2.97. The molecule has 0 aliphatic heterocycles. The number of hydrogen-bond acceptors (Lipinski definition) is 3. The van der Waals surface area contributed by atoms with E-state index in [0.29, 0.717) is 5.56 Å². The van der Waals surface area contributed by atoms with Crippen molar-refractivity contribution in [2.45, 2.75) is 10.4 Å². The summed E-state index contributed by atoms with van der Waals surface area (Å²) in [6.07, 6.45) is 0. The van der Waals surface area contributed by atoms with E-state index in [1.807, 2.05) is 0 Å². The summed E-state index contributed by atoms with van der Waals surface area (Å²) in [5.41, 5.74) is -4.89. The number of rotatable bonds is 3. The van der Waals surface area contributed by atoms with E-state index in [1.165, 1.54) is 0 Å². The van der Waals surface area contributed by atoms with Crippen LogP contribution in [0.1, 0.15) is 15.9 Å². The first-order valence-electron chi connectivity index (χ1n) is 5.74. The Balaban J connectivity index is 2.35. The Morgan fingerprint density at radius 1 is 0.810 bits per heavy atom. The number of sulfone groups is 1. The van der Waals surface area contributed by atoms with Crippen molar-refractivity contribution in [3.05, 3.63) is 65.7 Å². The van der Waals surface area contributed by atoms with Crippen molar-refractivity contribution < 1.29 is 26.4 Å². The number of hydrogen-bond donors (Lipinski definition) is 0. The van der Waals surface area contributed by atoms with Gasteiger partial charge >= 0.3 is 5.51 Å². The lowest BCUT2D eigenvalue weighted by Crippen LogP contribution is -2.23. The van der Waals surface area contributed by atoms with Crippen molar-refractivity contribution in [3.63, 3.8) is 0 Å². The number of carbonyl (C=O) groups excluding carboxylic acids is 1. The Morgan fingerprint density at radius 2 is 1.29 bits per heavy atom. The molecule has 0 radical (unpaired) electrons. The van der Waals surface area contributed by atoms with Crippen LogP contribution in [0.3, 0.4) is 0 Å². The highest BCUT2D eigenvalue weighted by Crippen LogP contribution is 2.30. The van der Waals surface area contributed by atoms with E-state index in [4.69, 9.17) is 0 Å². The van der Waals surface area contributed by atoms with Gasteiger partial charge in [-0.1, -0.05) is 30.3 Å². The van der Waals surface area contributed by atoms with Gasteiger partial charge in [0, 0.05) is 11.1 Å². The smallest absolute Gasteiger partial charge is 0.289 e. The second-order valence-corrected chi connectivity index (χ2v) is 6.11. The first kappa shape index (κ1) is 15.2. The van der Waals surface area contributed by atoms with E-state index in [-0.39, 0.29) is 5.56 Å². The predicted octanol–water partition coefficient (Wildman–Crippen LogP) is 3.21. The summed E-state index contributed by atoms with van der Waals surface area (Å²) in [6, 6.07) is 11.8. The largest absolute Gasteiger partial charge is 0.501 e. The average molecular weight is 314 g/mol. The van der Waals surface area contributed by atoms with Crippen molar-refractivity contribution >= 4 is 15.6 Å². The fourth-order valence-electron chi connectivity index (χ4n) is 1.68. The molecule has 2 aromatic carbocycles. The van der Waals surface area contributed by atoms with Crippen molar-refractivity contribution in [2.75, 3.05) is 0 Å². The van der Waals surface area contributed by atoms with Crippen molar-refractivity contribution in [3.8, 4) is 0 Å². The molecule has 0 aliphatic rings. The first-order valence-corrected chi connectivity index (χ1v) is 7.23. The van der Waals surface area contributed by atoms with Crippen LogP contribution in [-0.2, 0) is 9.84 Å². The summed E-state index contributed by atoms with van der Waals surface area (Å²) in [6.45, 7) is 0. The molecular formula is C14H9F3O3S. The van der Waals surface area contributed by atoms with E-state index in [1.54, 1.807) is 30.3 Å². The maximum atomic E-state index is 12.4. The number of halogens is 3. The molecule has 0 unspecified atom stereocenters. The van der Waals surface area contributed by atoms with Gasteiger partial charge in [-0.2, -0.15) is 13.2 Å². The molecule has 0 N–H and O–H groups in total. The average Bonchev–Trinajstić information content (AvgIpc) is 2.46. The van der Waals surface area contributed by atoms with Crippen LogP contribution in [0.2, 0.25) is 0 Å². The minimum Gasteiger partial charge on any atom is -0.289 e. The molecule has 0 heterocycles. The SMILES string of the molecule is O=C(c1ccccc1)c1ccc(S(=O)(=O)C(F)(F)F)cc1. The molecule has 0 amide bonds. The summed E-state index contributed by atoms with van der Waals surface area (Å²) in [5.74, 6) is -0.397. The highest BCUT2D eigenvalue weighted by molar-refractivity contribution is 7.92. The molecule has 0 bridgehead atoms. The quantitative estimate of drug-likeness (QED) is 0.817. The molecule has 0 saturated heterocycles. The molecule has 0 fully saturated rings. The Labute approximate surface area is 119 Å². The Morgan fingerprint density at radius 3 is 1.76 bits per heavy atom. The number of benzene rings is 2. The monoisotopic (exact) mass is 314 g/mol. The molecule has 0 saturated carbocycles. The van der Waals surface area contributed by atoms with Crippen LogP contribution in [0, 0.1) is 0 Å². The predicted molar refractivity (Wildman–Crippen MR) is 69.6 cm³/mol. The van der Waals surface area contributed by atoms with Gasteiger partial charge in [0.05, 0.1) is 4.90 Å². The molecule has 0 aliphatic carbocycles. The van der Waals surface area contributed by atoms with Crippen LogP contribution >= 0.6 is 0 Å². The molecule has 0 aromatic heterocycles. The fraction of sp³-hybridized carbons (Fsp3) is 0.0714. The minimum atomic E-state index is -5.39. The zero-order chi connectivity index (χ0) is 15.7. The summed E-state index contributed by atoms with van der Waals surface area (Å²) in [4.78, 5) is 11.1. The Hall–Kier alpha value is -2.15. The molecule has 2 aromatic rings. The van der Waals surface area contributed by atoms with E-state index < -0.39 is 26.0 Å². The van der Waals surface area contributed by atoms with Crippen molar-refractivity contribution in [2.24, 2.45) is 0 Å². The zero-order valence-corrected chi connectivity index (χ0v) is 11.3. The molecule has 0 atom stereocenters. The van der Waals surface area contributed by atoms with Crippen LogP contribution < -0.4 is 0 Å². The molecule has 7 heteroatoms. The van der Waals surface area contributed by atoms with E-state index in [2.05, 4.69) is 0 Å². The Kier molecular flexibility index (Phi) is 3.87. The van der Waals surface area contributed by atoms with Gasteiger partial charge in [0.25, 0.3) is 9.84 Å². The lowest BCUT2D eigenvalue weighted by atomic mass is 10.0. The molecule has 110 valence electrons. The summed E-state index contributed by atoms with van der Waals surface area (Å²) < 4.78 is 59.6. The minimum absolute atomic E-state index is 0.113. The van der Waals surface area contributed by atoms with Gasteiger partial charge < -0.3 is 0 Å². The van der Waals surface area contributed by atoms with Crippen molar-refractivity contribution in [1.82, 2.24) is 0 Å². The normalized spacial score (nSPS) is 12.1. The highest BCUT2D eigenvalue weighted by atomic mass is 32.2. The van der Waals surface area contributed by atoms with Crippen LogP contribution in [0.4, 0.5) is 13.2 Å². The van der Waals surface area contributed by atoms with Crippen LogP contribution in [0.5, 0.6) is 0 Å². The van der Waals surface area contributed by atoms with Gasteiger partial charge in [0.2, 0.25) is 0 Å². The lowest BCUT2D eigenvalue weighted by molar-refractivity contribution is -0.0436. The number of alkyl halides is 3. The van der Waals surface area contributed by atoms with E-state index >= 15 is 0 Å². The third-order valence-corrected chi connectivity index (χ3v) is 4.27.